The summed E-state index contributed by atoms with van der Waals surface area (Å²) in [5.74, 6) is -0.626. The van der Waals surface area contributed by atoms with Crippen molar-refractivity contribution in [3.8, 4) is 0 Å². The van der Waals surface area contributed by atoms with Gasteiger partial charge in [0.15, 0.2) is 0 Å². The molecule has 0 aromatic carbocycles. The predicted molar refractivity (Wildman–Crippen MR) is 67.0 cm³/mol. The summed E-state index contributed by atoms with van der Waals surface area (Å²) in [7, 11) is -2.37. The van der Waals surface area contributed by atoms with Gasteiger partial charge in [-0.05, 0) is 34.6 Å². The second-order valence-electron chi connectivity index (χ2n) is 4.98. The highest BCUT2D eigenvalue weighted by atomic mass is 32.2. The first-order valence-corrected chi connectivity index (χ1v) is 6.74. The van der Waals surface area contributed by atoms with E-state index in [0.717, 1.165) is 5.57 Å². The lowest BCUT2D eigenvalue weighted by Crippen LogP contribution is -2.47. The van der Waals surface area contributed by atoms with E-state index in [4.69, 9.17) is 0 Å². The number of rotatable bonds is 4. The van der Waals surface area contributed by atoms with Gasteiger partial charge in [0.05, 0.1) is 11.9 Å². The van der Waals surface area contributed by atoms with E-state index < -0.39 is 26.8 Å². The van der Waals surface area contributed by atoms with Crippen LogP contribution in [0.2, 0.25) is 0 Å². The van der Waals surface area contributed by atoms with Crippen LogP contribution in [0.3, 0.4) is 0 Å². The number of hydrogen-bond donors (Lipinski definition) is 1. The zero-order chi connectivity index (χ0) is 13.9. The Bertz CT molecular complexity index is 400. The van der Waals surface area contributed by atoms with Crippen molar-refractivity contribution in [2.24, 2.45) is 0 Å². The number of allylic oxidation sites excluding steroid dienone is 1. The molecule has 0 aliphatic rings. The molecular formula is C11H21NO4S. The molecule has 0 rings (SSSR count). The van der Waals surface area contributed by atoms with Crippen LogP contribution in [0, 0.1) is 0 Å². The van der Waals surface area contributed by atoms with Crippen LogP contribution >= 0.6 is 0 Å². The van der Waals surface area contributed by atoms with Crippen molar-refractivity contribution in [1.29, 1.82) is 0 Å². The molecule has 0 aliphatic carbocycles. The molecule has 1 N–H and O–H groups in total. The number of nitrogens with one attached hydrogen (secondary N) is 1. The van der Waals surface area contributed by atoms with Crippen LogP contribution in [-0.4, -0.2) is 32.3 Å². The van der Waals surface area contributed by atoms with Gasteiger partial charge < -0.3 is 4.74 Å². The van der Waals surface area contributed by atoms with Gasteiger partial charge in [-0.1, -0.05) is 11.6 Å². The summed E-state index contributed by atoms with van der Waals surface area (Å²) in [6, 6.07) is -0.978. The van der Waals surface area contributed by atoms with Crippen molar-refractivity contribution in [2.75, 3.05) is 7.11 Å². The first kappa shape index (κ1) is 16.1. The van der Waals surface area contributed by atoms with Crippen LogP contribution in [0.4, 0.5) is 0 Å². The zero-order valence-electron chi connectivity index (χ0n) is 11.2. The van der Waals surface area contributed by atoms with E-state index in [1.807, 2.05) is 0 Å². The average molecular weight is 263 g/mol. The topological polar surface area (TPSA) is 72.5 Å². The normalized spacial score (nSPS) is 14.0. The minimum atomic E-state index is -3.59. The molecule has 0 heterocycles. The number of esters is 1. The monoisotopic (exact) mass is 263 g/mol. The Morgan fingerprint density at radius 2 is 1.76 bits per heavy atom. The van der Waals surface area contributed by atoms with E-state index >= 15 is 0 Å². The molecule has 0 radical (unpaired) electrons. The lowest BCUT2D eigenvalue weighted by molar-refractivity contribution is -0.141. The number of sulfonamides is 1. The van der Waals surface area contributed by atoms with Gasteiger partial charge in [0.2, 0.25) is 10.0 Å². The van der Waals surface area contributed by atoms with E-state index in [1.54, 1.807) is 34.6 Å². The molecule has 0 bridgehead atoms. The van der Waals surface area contributed by atoms with Gasteiger partial charge in [0, 0.05) is 0 Å². The van der Waals surface area contributed by atoms with Crippen LogP contribution in [0.5, 0.6) is 0 Å². The fourth-order valence-electron chi connectivity index (χ4n) is 0.954. The molecule has 0 spiro atoms. The molecule has 17 heavy (non-hydrogen) atoms. The summed E-state index contributed by atoms with van der Waals surface area (Å²) >= 11 is 0. The van der Waals surface area contributed by atoms with Gasteiger partial charge in [0.1, 0.15) is 6.04 Å². The Balaban J connectivity index is 5.16. The summed E-state index contributed by atoms with van der Waals surface area (Å²) < 4.78 is 29.8. The van der Waals surface area contributed by atoms with Crippen molar-refractivity contribution in [3.05, 3.63) is 11.6 Å². The van der Waals surface area contributed by atoms with Gasteiger partial charge in [-0.3, -0.25) is 0 Å². The summed E-state index contributed by atoms with van der Waals surface area (Å²) in [5, 5.41) is 0. The Morgan fingerprint density at radius 3 is 2.06 bits per heavy atom. The van der Waals surface area contributed by atoms with Crippen molar-refractivity contribution in [2.45, 2.75) is 45.4 Å². The molecule has 6 heteroatoms. The Labute approximate surface area is 103 Å². The van der Waals surface area contributed by atoms with Crippen molar-refractivity contribution in [3.63, 3.8) is 0 Å². The quantitative estimate of drug-likeness (QED) is 0.611. The molecular weight excluding hydrogens is 242 g/mol. The first-order chi connectivity index (χ1) is 7.51. The second-order valence-corrected chi connectivity index (χ2v) is 7.45. The Morgan fingerprint density at radius 1 is 1.29 bits per heavy atom. The molecule has 1 atom stereocenters. The minimum absolute atomic E-state index is 0.626. The van der Waals surface area contributed by atoms with Crippen LogP contribution in [0.25, 0.3) is 0 Å². The van der Waals surface area contributed by atoms with Crippen molar-refractivity contribution in [1.82, 2.24) is 4.72 Å². The van der Waals surface area contributed by atoms with Gasteiger partial charge in [-0.15, -0.1) is 0 Å². The van der Waals surface area contributed by atoms with Crippen LogP contribution in [0.1, 0.15) is 34.6 Å². The molecule has 0 aromatic rings. The third-order valence-corrected chi connectivity index (χ3v) is 4.22. The zero-order valence-corrected chi connectivity index (χ0v) is 12.0. The van der Waals surface area contributed by atoms with Crippen LogP contribution in [0.15, 0.2) is 11.6 Å². The number of ether oxygens (including phenoxy) is 1. The number of carbonyl (C=O) groups is 1. The summed E-state index contributed by atoms with van der Waals surface area (Å²) in [6.07, 6.45) is 1.52. The first-order valence-electron chi connectivity index (χ1n) is 5.26. The average Bonchev–Trinajstić information content (AvgIpc) is 2.12. The highest BCUT2D eigenvalue weighted by Gasteiger charge is 2.33. The minimum Gasteiger partial charge on any atom is -0.468 e. The SMILES string of the molecule is COC(=O)[C@@H](C=C(C)C)NS(=O)(=O)C(C)(C)C. The van der Waals surface area contributed by atoms with E-state index in [0.29, 0.717) is 0 Å². The lowest BCUT2D eigenvalue weighted by atomic mass is 10.2. The highest BCUT2D eigenvalue weighted by Crippen LogP contribution is 2.14. The fraction of sp³-hybridized carbons (Fsp3) is 0.727. The molecule has 0 fully saturated rings. The third kappa shape index (κ3) is 4.87. The molecule has 0 unspecified atom stereocenters. The van der Waals surface area contributed by atoms with Gasteiger partial charge in [-0.2, -0.15) is 4.72 Å². The maximum atomic E-state index is 11.9. The van der Waals surface area contributed by atoms with Crippen molar-refractivity contribution < 1.29 is 17.9 Å². The molecule has 100 valence electrons. The molecule has 0 amide bonds. The Hall–Kier alpha value is -0.880. The van der Waals surface area contributed by atoms with Gasteiger partial charge in [0.25, 0.3) is 0 Å². The van der Waals surface area contributed by atoms with Crippen LogP contribution in [-0.2, 0) is 19.6 Å². The molecule has 0 aromatic heterocycles. The predicted octanol–water partition coefficient (Wildman–Crippen LogP) is 1.21. The molecule has 0 saturated carbocycles. The number of carbonyl (C=O) groups excluding carboxylic acids is 1. The smallest absolute Gasteiger partial charge is 0.327 e. The third-order valence-electron chi connectivity index (χ3n) is 2.04. The van der Waals surface area contributed by atoms with Gasteiger partial charge >= 0.3 is 5.97 Å². The second kappa shape index (κ2) is 5.64. The van der Waals surface area contributed by atoms with Gasteiger partial charge in [-0.25, -0.2) is 13.2 Å². The maximum absolute atomic E-state index is 11.9. The molecule has 0 aliphatic heterocycles. The van der Waals surface area contributed by atoms with Crippen LogP contribution < -0.4 is 4.72 Å². The lowest BCUT2D eigenvalue weighted by Gasteiger charge is -2.22. The molecule has 5 nitrogen and oxygen atoms in total. The number of hydrogen-bond acceptors (Lipinski definition) is 4. The highest BCUT2D eigenvalue weighted by molar-refractivity contribution is 7.90. The summed E-state index contributed by atoms with van der Waals surface area (Å²) in [6.45, 7) is 8.24. The number of methoxy groups -OCH3 is 1. The summed E-state index contributed by atoms with van der Waals surface area (Å²) in [5.41, 5.74) is 0.831. The Kier molecular flexibility index (Phi) is 5.35. The van der Waals surface area contributed by atoms with Crippen molar-refractivity contribution >= 4 is 16.0 Å². The van der Waals surface area contributed by atoms with E-state index in [9.17, 15) is 13.2 Å². The molecule has 0 saturated heterocycles. The summed E-state index contributed by atoms with van der Waals surface area (Å²) in [4.78, 5) is 11.5. The van der Waals surface area contributed by atoms with E-state index in [-0.39, 0.29) is 0 Å². The standard InChI is InChI=1S/C11H21NO4S/c1-8(2)7-9(10(13)16-6)12-17(14,15)11(3,4)5/h7,9,12H,1-6H3/t9-/m1/s1. The maximum Gasteiger partial charge on any atom is 0.327 e. The van der Waals surface area contributed by atoms with E-state index in [2.05, 4.69) is 9.46 Å². The largest absolute Gasteiger partial charge is 0.468 e. The van der Waals surface area contributed by atoms with E-state index in [1.165, 1.54) is 13.2 Å². The fourth-order valence-corrected chi connectivity index (χ4v) is 1.81.